The molecule has 2 aromatic carbocycles. The Morgan fingerprint density at radius 1 is 1.19 bits per heavy atom. The lowest BCUT2D eigenvalue weighted by molar-refractivity contribution is 0.0953. The van der Waals surface area contributed by atoms with Gasteiger partial charge in [0.1, 0.15) is 23.9 Å². The van der Waals surface area contributed by atoms with Crippen LogP contribution in [0.25, 0.3) is 0 Å². The Labute approximate surface area is 223 Å². The number of hydrogen-bond acceptors (Lipinski definition) is 6. The molecule has 2 aliphatic heterocycles. The molecule has 2 N–H and O–H groups in total. The van der Waals surface area contributed by atoms with Crippen molar-refractivity contribution < 1.29 is 19.1 Å². The number of rotatable bonds is 6. The average Bonchev–Trinajstić information content (AvgIpc) is 3.11. The molecule has 4 rings (SSSR count). The highest BCUT2D eigenvalue weighted by Gasteiger charge is 2.31. The van der Waals surface area contributed by atoms with Crippen LogP contribution in [0.15, 0.2) is 24.3 Å². The van der Waals surface area contributed by atoms with Crippen LogP contribution in [0, 0.1) is 5.41 Å². The number of carbonyl (C=O) groups excluding carboxylic acids is 2. The van der Waals surface area contributed by atoms with Crippen LogP contribution in [0.3, 0.4) is 0 Å². The molecule has 0 spiro atoms. The molecule has 0 aromatic heterocycles. The molecule has 0 aliphatic carbocycles. The molecule has 36 heavy (non-hydrogen) atoms. The van der Waals surface area contributed by atoms with Crippen molar-refractivity contribution in [2.24, 2.45) is 0 Å². The summed E-state index contributed by atoms with van der Waals surface area (Å²) in [5.74, 6) is 1.23. The molecule has 2 aromatic rings. The maximum atomic E-state index is 13.5. The number of fused-ring (bicyclic) bond motifs is 2. The van der Waals surface area contributed by atoms with Crippen LogP contribution in [-0.2, 0) is 12.0 Å². The first-order chi connectivity index (χ1) is 16.5. The van der Waals surface area contributed by atoms with Gasteiger partial charge in [-0.05, 0) is 42.2 Å². The van der Waals surface area contributed by atoms with Gasteiger partial charge in [-0.2, -0.15) is 0 Å². The largest absolute Gasteiger partial charge is 0.493 e. The number of amidine groups is 1. The Hall–Kier alpha value is -3.07. The predicted octanol–water partition coefficient (Wildman–Crippen LogP) is 4.17. The quantitative estimate of drug-likeness (QED) is 0.516. The zero-order valence-electron chi connectivity index (χ0n) is 21.8. The second-order valence-corrected chi connectivity index (χ2v) is 10.0. The predicted molar refractivity (Wildman–Crippen MR) is 147 cm³/mol. The van der Waals surface area contributed by atoms with Gasteiger partial charge < -0.3 is 24.6 Å². The second kappa shape index (κ2) is 10.5. The fourth-order valence-corrected chi connectivity index (χ4v) is 4.59. The Bertz CT molecular complexity index is 1210. The van der Waals surface area contributed by atoms with Gasteiger partial charge in [-0.1, -0.05) is 20.8 Å². The third kappa shape index (κ3) is 5.07. The zero-order chi connectivity index (χ0) is 25.5. The number of anilines is 1. The van der Waals surface area contributed by atoms with E-state index in [0.717, 1.165) is 29.1 Å². The minimum Gasteiger partial charge on any atom is -0.493 e. The number of nitrogens with zero attached hydrogens (tertiary/aromatic N) is 2. The van der Waals surface area contributed by atoms with Crippen LogP contribution in [0.1, 0.15) is 65.1 Å². The van der Waals surface area contributed by atoms with Crippen molar-refractivity contribution in [2.75, 3.05) is 45.3 Å². The van der Waals surface area contributed by atoms with E-state index in [1.807, 2.05) is 32.2 Å². The molecule has 0 saturated heterocycles. The zero-order valence-corrected chi connectivity index (χ0v) is 23.5. The highest BCUT2D eigenvalue weighted by atomic mass is 79.9. The summed E-state index contributed by atoms with van der Waals surface area (Å²) in [5.41, 5.74) is 4.24. The van der Waals surface area contributed by atoms with Gasteiger partial charge in [0, 0.05) is 37.3 Å². The van der Waals surface area contributed by atoms with E-state index in [2.05, 4.69) is 31.0 Å². The van der Waals surface area contributed by atoms with E-state index in [1.54, 1.807) is 18.0 Å². The van der Waals surface area contributed by atoms with Gasteiger partial charge >= 0.3 is 0 Å². The monoisotopic (exact) mass is 558 g/mol. The normalized spacial score (nSPS) is 14.4. The topological polar surface area (TPSA) is 95.0 Å². The molecular formula is C27H35BrN4O4. The fourth-order valence-electron chi connectivity index (χ4n) is 4.59. The van der Waals surface area contributed by atoms with Gasteiger partial charge in [-0.25, -0.2) is 0 Å². The van der Waals surface area contributed by atoms with Crippen LogP contribution < -0.4 is 19.7 Å². The maximum Gasteiger partial charge on any atom is 0.254 e. The molecule has 1 amide bonds. The molecule has 0 unspecified atom stereocenters. The van der Waals surface area contributed by atoms with E-state index in [4.69, 9.17) is 14.9 Å². The lowest BCUT2D eigenvalue weighted by atomic mass is 9.84. The average molecular weight is 560 g/mol. The highest BCUT2D eigenvalue weighted by Crippen LogP contribution is 2.41. The molecular weight excluding hydrogens is 524 g/mol. The number of carbonyl (C=O) groups is 2. The fraction of sp³-hybridized carbons (Fsp3) is 0.444. The van der Waals surface area contributed by atoms with Gasteiger partial charge in [0.15, 0.2) is 5.78 Å². The van der Waals surface area contributed by atoms with Crippen LogP contribution in [0.4, 0.5) is 5.69 Å². The van der Waals surface area contributed by atoms with Crippen molar-refractivity contribution in [1.29, 1.82) is 5.41 Å². The van der Waals surface area contributed by atoms with Crippen molar-refractivity contribution in [1.82, 2.24) is 10.2 Å². The van der Waals surface area contributed by atoms with Crippen molar-refractivity contribution in [3.8, 4) is 11.5 Å². The molecule has 194 valence electrons. The lowest BCUT2D eigenvalue weighted by Crippen LogP contribution is -2.32. The van der Waals surface area contributed by atoms with Gasteiger partial charge in [0.25, 0.3) is 5.91 Å². The number of halogens is 1. The number of Topliss-reactive ketones (excluding diaryl/α,β-unsaturated/α-hetero) is 1. The summed E-state index contributed by atoms with van der Waals surface area (Å²) in [4.78, 5) is 29.7. The van der Waals surface area contributed by atoms with Gasteiger partial charge in [0.2, 0.25) is 0 Å². The van der Waals surface area contributed by atoms with Gasteiger partial charge in [0.05, 0.1) is 30.9 Å². The van der Waals surface area contributed by atoms with Gasteiger partial charge in [-0.15, -0.1) is 17.0 Å². The van der Waals surface area contributed by atoms with E-state index >= 15 is 0 Å². The highest BCUT2D eigenvalue weighted by molar-refractivity contribution is 8.93. The first-order valence-electron chi connectivity index (χ1n) is 12.0. The van der Waals surface area contributed by atoms with Crippen LogP contribution in [0.5, 0.6) is 11.5 Å². The molecule has 2 aliphatic rings. The van der Waals surface area contributed by atoms with Crippen molar-refractivity contribution in [3.05, 3.63) is 52.1 Å². The van der Waals surface area contributed by atoms with E-state index in [1.165, 1.54) is 0 Å². The summed E-state index contributed by atoms with van der Waals surface area (Å²) in [5, 5.41) is 11.3. The summed E-state index contributed by atoms with van der Waals surface area (Å²) in [6.07, 6.45) is 0. The summed E-state index contributed by atoms with van der Waals surface area (Å²) in [6, 6.07) is 7.33. The number of ether oxygens (including phenoxy) is 2. The van der Waals surface area contributed by atoms with Crippen molar-refractivity contribution >= 4 is 40.2 Å². The number of ketones is 1. The van der Waals surface area contributed by atoms with Crippen LogP contribution in [0.2, 0.25) is 0 Å². The van der Waals surface area contributed by atoms with Crippen LogP contribution >= 0.6 is 17.0 Å². The Morgan fingerprint density at radius 3 is 2.56 bits per heavy atom. The first kappa shape index (κ1) is 27.5. The third-order valence-electron chi connectivity index (χ3n) is 6.53. The summed E-state index contributed by atoms with van der Waals surface area (Å²) >= 11 is 0. The van der Waals surface area contributed by atoms with Crippen molar-refractivity contribution in [2.45, 2.75) is 39.7 Å². The number of amides is 1. The van der Waals surface area contributed by atoms with Gasteiger partial charge in [-0.3, -0.25) is 15.0 Å². The lowest BCUT2D eigenvalue weighted by Gasteiger charge is -2.33. The minimum atomic E-state index is -0.270. The van der Waals surface area contributed by atoms with Crippen LogP contribution in [-0.4, -0.2) is 62.8 Å². The van der Waals surface area contributed by atoms with E-state index in [0.29, 0.717) is 42.2 Å². The standard InChI is InChI=1S/C27H34N4O4.BrH/c1-7-34-23-12-17-14-31(25(28)18(17)13-19(23)26(33)29-5)15-22(32)16-10-20(27(2,3)4)24-21(11-16)30(6)8-9-35-24;/h10-13,28H,7-9,14-15H2,1-6H3,(H,29,33);1H. The molecule has 0 saturated carbocycles. The first-order valence-corrected chi connectivity index (χ1v) is 12.0. The molecule has 0 radical (unpaired) electrons. The Balaban J connectivity index is 0.00000361. The Morgan fingerprint density at radius 2 is 1.92 bits per heavy atom. The summed E-state index contributed by atoms with van der Waals surface area (Å²) in [7, 11) is 3.57. The SMILES string of the molecule is Br.CCOc1cc2c(cc1C(=O)NC)C(=N)N(CC(=O)c1cc3c(c(C(C)(C)C)c1)OCCN3C)C2. The minimum absolute atomic E-state index is 0. The Kier molecular flexibility index (Phi) is 8.03. The maximum absolute atomic E-state index is 13.5. The second-order valence-electron chi connectivity index (χ2n) is 10.0. The number of benzene rings is 2. The number of likely N-dealkylation sites (N-methyl/N-ethyl adjacent to an activating group) is 1. The molecule has 8 nitrogen and oxygen atoms in total. The molecule has 0 atom stereocenters. The number of hydrogen-bond donors (Lipinski definition) is 2. The third-order valence-corrected chi connectivity index (χ3v) is 6.53. The molecule has 0 bridgehead atoms. The van der Waals surface area contributed by atoms with E-state index < -0.39 is 0 Å². The molecule has 0 fully saturated rings. The smallest absolute Gasteiger partial charge is 0.254 e. The summed E-state index contributed by atoms with van der Waals surface area (Å²) < 4.78 is 11.7. The van der Waals surface area contributed by atoms with E-state index in [-0.39, 0.29) is 46.5 Å². The van der Waals surface area contributed by atoms with E-state index in [9.17, 15) is 9.59 Å². The molecule has 9 heteroatoms. The van der Waals surface area contributed by atoms with Crippen molar-refractivity contribution in [3.63, 3.8) is 0 Å². The summed E-state index contributed by atoms with van der Waals surface area (Å²) in [6.45, 7) is 10.5. The molecule has 2 heterocycles. The number of nitrogens with one attached hydrogen (secondary N) is 2.